The summed E-state index contributed by atoms with van der Waals surface area (Å²) in [5, 5.41) is 0.652. The Morgan fingerprint density at radius 3 is 2.47 bits per heavy atom. The molecular formula is C9H3Cl4NO3. The van der Waals surface area contributed by atoms with E-state index in [1.54, 1.807) is 0 Å². The van der Waals surface area contributed by atoms with E-state index in [2.05, 4.69) is 0 Å². The van der Waals surface area contributed by atoms with E-state index in [0.29, 0.717) is 0 Å². The molecule has 8 heteroatoms. The number of carbonyl (C=O) groups excluding carboxylic acids is 3. The molecule has 1 aliphatic heterocycles. The molecule has 2 atom stereocenters. The van der Waals surface area contributed by atoms with Crippen LogP contribution in [0.4, 0.5) is 0 Å². The Bertz CT molecular complexity index is 524. The third-order valence-corrected chi connectivity index (χ3v) is 4.25. The summed E-state index contributed by atoms with van der Waals surface area (Å²) >= 11 is 23.0. The molecule has 2 rings (SSSR count). The first-order valence-corrected chi connectivity index (χ1v) is 5.83. The van der Waals surface area contributed by atoms with Crippen LogP contribution in [0.3, 0.4) is 0 Å². The van der Waals surface area contributed by atoms with Crippen molar-refractivity contribution in [3.05, 3.63) is 21.7 Å². The maximum Gasteiger partial charge on any atom is 0.255 e. The number of amides is 2. The van der Waals surface area contributed by atoms with Gasteiger partial charge in [0.1, 0.15) is 0 Å². The number of carbonyl (C=O) groups is 3. The molecule has 0 aromatic carbocycles. The zero-order valence-electron chi connectivity index (χ0n) is 7.89. The van der Waals surface area contributed by atoms with Crippen LogP contribution in [0.1, 0.15) is 0 Å². The average Bonchev–Trinajstić information content (AvgIpc) is 2.42. The van der Waals surface area contributed by atoms with E-state index >= 15 is 0 Å². The predicted octanol–water partition coefficient (Wildman–Crippen LogP) is 1.63. The highest BCUT2D eigenvalue weighted by molar-refractivity contribution is 6.71. The summed E-state index contributed by atoms with van der Waals surface area (Å²) < 4.78 is 0. The lowest BCUT2D eigenvalue weighted by Crippen LogP contribution is -2.39. The third kappa shape index (κ3) is 1.63. The Morgan fingerprint density at radius 1 is 1.35 bits per heavy atom. The van der Waals surface area contributed by atoms with Crippen molar-refractivity contribution in [2.75, 3.05) is 0 Å². The number of alkyl halides is 1. The Labute approximate surface area is 116 Å². The number of nitrogens with one attached hydrogen (secondary N) is 1. The molecule has 2 aliphatic rings. The Kier molecular flexibility index (Phi) is 3.02. The van der Waals surface area contributed by atoms with E-state index in [4.69, 9.17) is 46.4 Å². The first-order valence-electron chi connectivity index (χ1n) is 4.32. The molecule has 0 radical (unpaired) electrons. The molecule has 0 bridgehead atoms. The van der Waals surface area contributed by atoms with E-state index in [1.807, 2.05) is 5.32 Å². The van der Waals surface area contributed by atoms with Crippen LogP contribution in [0.15, 0.2) is 21.7 Å². The topological polar surface area (TPSA) is 63.2 Å². The van der Waals surface area contributed by atoms with Gasteiger partial charge in [-0.1, -0.05) is 23.2 Å². The SMILES string of the molecule is O=C(Cl)C1=C(Cl)C2(Cl)C(=O)NC(=O)C2C=C1Cl. The first kappa shape index (κ1) is 12.9. The fraction of sp³-hybridized carbons (Fsp3) is 0.222. The van der Waals surface area contributed by atoms with Gasteiger partial charge in [0.2, 0.25) is 5.91 Å². The van der Waals surface area contributed by atoms with Gasteiger partial charge in [-0.25, -0.2) is 0 Å². The number of rotatable bonds is 1. The van der Waals surface area contributed by atoms with Gasteiger partial charge in [-0.15, -0.1) is 11.6 Å². The molecule has 17 heavy (non-hydrogen) atoms. The van der Waals surface area contributed by atoms with Crippen LogP contribution in [-0.4, -0.2) is 21.9 Å². The van der Waals surface area contributed by atoms with E-state index in [9.17, 15) is 14.4 Å². The van der Waals surface area contributed by atoms with Gasteiger partial charge < -0.3 is 0 Å². The molecule has 0 aromatic heterocycles. The molecule has 4 nitrogen and oxygen atoms in total. The second kappa shape index (κ2) is 3.99. The van der Waals surface area contributed by atoms with Crippen LogP contribution in [0.2, 0.25) is 0 Å². The van der Waals surface area contributed by atoms with E-state index in [0.717, 1.165) is 0 Å². The zero-order chi connectivity index (χ0) is 13.0. The third-order valence-electron chi connectivity index (χ3n) is 2.57. The summed E-state index contributed by atoms with van der Waals surface area (Å²) in [5.41, 5.74) is -0.258. The maximum absolute atomic E-state index is 11.6. The van der Waals surface area contributed by atoms with Gasteiger partial charge in [0, 0.05) is 0 Å². The molecule has 1 aliphatic carbocycles. The molecule has 0 spiro atoms. The predicted molar refractivity (Wildman–Crippen MR) is 62.9 cm³/mol. The van der Waals surface area contributed by atoms with Gasteiger partial charge in [0.15, 0.2) is 4.87 Å². The lowest BCUT2D eigenvalue weighted by Gasteiger charge is -2.27. The zero-order valence-corrected chi connectivity index (χ0v) is 10.9. The highest BCUT2D eigenvalue weighted by Gasteiger charge is 2.58. The fourth-order valence-corrected chi connectivity index (χ4v) is 3.07. The highest BCUT2D eigenvalue weighted by atomic mass is 35.5. The Balaban J connectivity index is 2.69. The Morgan fingerprint density at radius 2 is 1.94 bits per heavy atom. The fourth-order valence-electron chi connectivity index (χ4n) is 1.73. The minimum absolute atomic E-state index is 0.0962. The Hall–Kier alpha value is -0.550. The molecule has 1 N–H and O–H groups in total. The molecule has 2 unspecified atom stereocenters. The summed E-state index contributed by atoms with van der Waals surface area (Å²) in [7, 11) is 0. The molecule has 1 heterocycles. The summed E-state index contributed by atoms with van der Waals surface area (Å²) in [5.74, 6) is -2.46. The number of hydrogen-bond acceptors (Lipinski definition) is 3. The second-order valence-corrected chi connectivity index (χ2v) is 5.21. The molecular weight excluding hydrogens is 312 g/mol. The lowest BCUT2D eigenvalue weighted by atomic mass is 9.86. The van der Waals surface area contributed by atoms with Gasteiger partial charge in [-0.2, -0.15) is 0 Å². The monoisotopic (exact) mass is 313 g/mol. The van der Waals surface area contributed by atoms with Crippen molar-refractivity contribution in [1.82, 2.24) is 5.32 Å². The second-order valence-electron chi connectivity index (χ2n) is 3.49. The molecule has 0 aromatic rings. The number of hydrogen-bond donors (Lipinski definition) is 1. The van der Waals surface area contributed by atoms with Crippen LogP contribution in [0.5, 0.6) is 0 Å². The number of allylic oxidation sites excluding steroid dienone is 2. The van der Waals surface area contributed by atoms with Crippen molar-refractivity contribution in [2.45, 2.75) is 4.87 Å². The summed E-state index contributed by atoms with van der Waals surface area (Å²) in [4.78, 5) is 32.4. The largest absolute Gasteiger partial charge is 0.294 e. The van der Waals surface area contributed by atoms with Gasteiger partial charge in [0.05, 0.1) is 21.6 Å². The molecule has 1 saturated heterocycles. The smallest absolute Gasteiger partial charge is 0.255 e. The van der Waals surface area contributed by atoms with Gasteiger partial charge in [-0.3, -0.25) is 19.7 Å². The maximum atomic E-state index is 11.6. The highest BCUT2D eigenvalue weighted by Crippen LogP contribution is 2.48. The van der Waals surface area contributed by atoms with Crippen LogP contribution in [0.25, 0.3) is 0 Å². The average molecular weight is 315 g/mol. The molecule has 1 fully saturated rings. The van der Waals surface area contributed by atoms with Crippen molar-refractivity contribution in [1.29, 1.82) is 0 Å². The van der Waals surface area contributed by atoms with Gasteiger partial charge in [-0.05, 0) is 17.7 Å². The van der Waals surface area contributed by atoms with Crippen molar-refractivity contribution in [3.63, 3.8) is 0 Å². The van der Waals surface area contributed by atoms with Gasteiger partial charge >= 0.3 is 0 Å². The molecule has 90 valence electrons. The van der Waals surface area contributed by atoms with Crippen LogP contribution < -0.4 is 5.32 Å². The van der Waals surface area contributed by atoms with Crippen LogP contribution in [0, 0.1) is 5.92 Å². The van der Waals surface area contributed by atoms with Crippen molar-refractivity contribution >= 4 is 63.5 Å². The number of imide groups is 1. The van der Waals surface area contributed by atoms with Crippen molar-refractivity contribution < 1.29 is 14.4 Å². The molecule has 0 saturated carbocycles. The number of halogens is 4. The van der Waals surface area contributed by atoms with Crippen molar-refractivity contribution in [2.24, 2.45) is 5.92 Å². The summed E-state index contributed by atoms with van der Waals surface area (Å²) in [6, 6.07) is 0. The number of fused-ring (bicyclic) bond motifs is 1. The molecule has 2 amide bonds. The van der Waals surface area contributed by atoms with E-state index in [1.165, 1.54) is 6.08 Å². The first-order chi connectivity index (χ1) is 7.80. The standard InChI is InChI=1S/C9H3Cl4NO3/c10-3-1-2-7(16)14-8(17)9(2,13)5(11)4(3)6(12)15/h1-2H,(H,14,16,17). The van der Waals surface area contributed by atoms with Crippen molar-refractivity contribution in [3.8, 4) is 0 Å². The van der Waals surface area contributed by atoms with Crippen LogP contribution >= 0.6 is 46.4 Å². The normalized spacial score (nSPS) is 32.2. The minimum Gasteiger partial charge on any atom is -0.294 e. The lowest BCUT2D eigenvalue weighted by molar-refractivity contribution is -0.125. The quantitative estimate of drug-likeness (QED) is 0.454. The summed E-state index contributed by atoms with van der Waals surface area (Å²) in [6.45, 7) is 0. The van der Waals surface area contributed by atoms with Crippen LogP contribution in [-0.2, 0) is 14.4 Å². The van der Waals surface area contributed by atoms with E-state index in [-0.39, 0.29) is 15.6 Å². The minimum atomic E-state index is -1.84. The summed E-state index contributed by atoms with van der Waals surface area (Å²) in [6.07, 6.45) is 1.19. The van der Waals surface area contributed by atoms with Gasteiger partial charge in [0.25, 0.3) is 11.1 Å². The van der Waals surface area contributed by atoms with E-state index < -0.39 is 27.8 Å².